The molecule has 6 nitrogen and oxygen atoms in total. The zero-order chi connectivity index (χ0) is 19.6. The molecule has 0 bridgehead atoms. The zero-order valence-electron chi connectivity index (χ0n) is 13.3. The van der Waals surface area contributed by atoms with Crippen molar-refractivity contribution in [3.05, 3.63) is 54.1 Å². The summed E-state index contributed by atoms with van der Waals surface area (Å²) in [4.78, 5) is -0.135. The highest BCUT2D eigenvalue weighted by Gasteiger charge is 2.31. The second kappa shape index (κ2) is 7.25. The molecule has 2 aromatic rings. The van der Waals surface area contributed by atoms with E-state index in [-0.39, 0.29) is 16.3 Å². The van der Waals surface area contributed by atoms with E-state index in [0.717, 1.165) is 30.5 Å². The maximum atomic E-state index is 12.2. The van der Waals surface area contributed by atoms with Crippen molar-refractivity contribution < 1.29 is 34.7 Å². The Morgan fingerprint density at radius 1 is 0.885 bits per heavy atom. The number of alkyl halides is 3. The van der Waals surface area contributed by atoms with Crippen LogP contribution in [0.5, 0.6) is 5.75 Å². The van der Waals surface area contributed by atoms with Crippen LogP contribution in [0.1, 0.15) is 5.56 Å². The third-order valence-electron chi connectivity index (χ3n) is 3.19. The number of benzene rings is 2. The number of hydrogen-bond donors (Lipinski definition) is 1. The van der Waals surface area contributed by atoms with Gasteiger partial charge in [0.25, 0.3) is 0 Å². The van der Waals surface area contributed by atoms with Crippen molar-refractivity contribution in [3.63, 3.8) is 0 Å². The summed E-state index contributed by atoms with van der Waals surface area (Å²) >= 11 is 0. The van der Waals surface area contributed by atoms with Crippen molar-refractivity contribution in [1.82, 2.24) is 4.72 Å². The minimum Gasteiger partial charge on any atom is -0.406 e. The van der Waals surface area contributed by atoms with Gasteiger partial charge in [-0.2, -0.15) is 0 Å². The van der Waals surface area contributed by atoms with Crippen LogP contribution in [0.15, 0.2) is 58.3 Å². The lowest BCUT2D eigenvalue weighted by molar-refractivity contribution is -0.274. The van der Waals surface area contributed by atoms with Crippen molar-refractivity contribution >= 4 is 19.9 Å². The summed E-state index contributed by atoms with van der Waals surface area (Å²) in [6.07, 6.45) is -3.81. The molecule has 2 aromatic carbocycles. The first-order chi connectivity index (χ1) is 11.9. The average Bonchev–Trinajstić information content (AvgIpc) is 2.51. The predicted octanol–water partition coefficient (Wildman–Crippen LogP) is 2.47. The summed E-state index contributed by atoms with van der Waals surface area (Å²) in [5.41, 5.74) is 0.512. The molecule has 0 saturated heterocycles. The normalized spacial score (nSPS) is 12.8. The molecule has 0 radical (unpaired) electrons. The summed E-state index contributed by atoms with van der Waals surface area (Å²) < 4.78 is 89.3. The summed E-state index contributed by atoms with van der Waals surface area (Å²) in [7, 11) is -7.32. The molecule has 0 aliphatic carbocycles. The second-order valence-corrected chi connectivity index (χ2v) is 9.04. The minimum absolute atomic E-state index is 0.101. The van der Waals surface area contributed by atoms with Gasteiger partial charge in [-0.3, -0.25) is 0 Å². The summed E-state index contributed by atoms with van der Waals surface area (Å²) in [5.74, 6) is -0.534. The summed E-state index contributed by atoms with van der Waals surface area (Å²) in [5, 5.41) is 0. The molecule has 0 amide bonds. The smallest absolute Gasteiger partial charge is 0.406 e. The first-order valence-electron chi connectivity index (χ1n) is 7.01. The fourth-order valence-electron chi connectivity index (χ4n) is 1.94. The molecule has 0 heterocycles. The van der Waals surface area contributed by atoms with Crippen LogP contribution in [0.25, 0.3) is 0 Å². The van der Waals surface area contributed by atoms with E-state index >= 15 is 0 Å². The fourth-order valence-corrected chi connectivity index (χ4v) is 3.58. The van der Waals surface area contributed by atoms with Gasteiger partial charge in [0.2, 0.25) is 10.0 Å². The van der Waals surface area contributed by atoms with Crippen LogP contribution in [0.3, 0.4) is 0 Å². The van der Waals surface area contributed by atoms with Crippen molar-refractivity contribution in [2.75, 3.05) is 6.26 Å². The van der Waals surface area contributed by atoms with Crippen LogP contribution in [0, 0.1) is 0 Å². The number of hydrogen-bond acceptors (Lipinski definition) is 5. The van der Waals surface area contributed by atoms with Crippen LogP contribution in [-0.2, 0) is 26.4 Å². The highest BCUT2D eigenvalue weighted by Crippen LogP contribution is 2.24. The molecule has 0 saturated carbocycles. The van der Waals surface area contributed by atoms with E-state index < -0.39 is 32.0 Å². The van der Waals surface area contributed by atoms with Gasteiger partial charge in [-0.05, 0) is 42.0 Å². The zero-order valence-corrected chi connectivity index (χ0v) is 15.0. The highest BCUT2D eigenvalue weighted by atomic mass is 32.2. The van der Waals surface area contributed by atoms with E-state index in [1.54, 1.807) is 0 Å². The molecular weight excluding hydrogens is 395 g/mol. The van der Waals surface area contributed by atoms with E-state index in [0.29, 0.717) is 5.56 Å². The largest absolute Gasteiger partial charge is 0.573 e. The molecule has 0 fully saturated rings. The van der Waals surface area contributed by atoms with Crippen molar-refractivity contribution in [2.45, 2.75) is 22.7 Å². The molecule has 26 heavy (non-hydrogen) atoms. The van der Waals surface area contributed by atoms with Crippen molar-refractivity contribution in [2.24, 2.45) is 0 Å². The first-order valence-corrected chi connectivity index (χ1v) is 10.4. The van der Waals surface area contributed by atoms with Gasteiger partial charge in [0.15, 0.2) is 9.84 Å². The third kappa shape index (κ3) is 5.71. The first kappa shape index (κ1) is 20.2. The van der Waals surface area contributed by atoms with E-state index in [2.05, 4.69) is 9.46 Å². The van der Waals surface area contributed by atoms with Gasteiger partial charge in [-0.1, -0.05) is 12.1 Å². The topological polar surface area (TPSA) is 89.5 Å². The van der Waals surface area contributed by atoms with Gasteiger partial charge < -0.3 is 4.74 Å². The van der Waals surface area contributed by atoms with Gasteiger partial charge in [-0.25, -0.2) is 21.6 Å². The van der Waals surface area contributed by atoms with Gasteiger partial charge in [0, 0.05) is 12.8 Å². The molecule has 0 spiro atoms. The molecule has 0 aliphatic rings. The van der Waals surface area contributed by atoms with Crippen LogP contribution in [-0.4, -0.2) is 29.5 Å². The molecule has 11 heteroatoms. The monoisotopic (exact) mass is 409 g/mol. The molecule has 1 N–H and O–H groups in total. The molecule has 0 aromatic heterocycles. The number of rotatable bonds is 6. The predicted molar refractivity (Wildman–Crippen MR) is 86.7 cm³/mol. The standard InChI is InChI=1S/C15H14F3NO5S2/c1-25(20,21)13-6-2-11(3-7-13)10-19-26(22,23)14-8-4-12(5-9-14)24-15(16,17)18/h2-9,19H,10H2,1H3. The fraction of sp³-hybridized carbons (Fsp3) is 0.200. The Labute approximate surface area is 148 Å². The Bertz CT molecular complexity index is 967. The molecule has 0 aliphatic heterocycles. The number of halogens is 3. The van der Waals surface area contributed by atoms with Crippen LogP contribution >= 0.6 is 0 Å². The maximum Gasteiger partial charge on any atom is 0.573 e. The van der Waals surface area contributed by atoms with E-state index in [1.165, 1.54) is 24.3 Å². The van der Waals surface area contributed by atoms with Gasteiger partial charge in [0.05, 0.1) is 9.79 Å². The number of nitrogens with one attached hydrogen (secondary N) is 1. The average molecular weight is 409 g/mol. The Hall–Kier alpha value is -2.11. The van der Waals surface area contributed by atoms with Gasteiger partial charge in [-0.15, -0.1) is 13.2 Å². The summed E-state index contributed by atoms with van der Waals surface area (Å²) in [6, 6.07) is 9.36. The third-order valence-corrected chi connectivity index (χ3v) is 5.73. The van der Waals surface area contributed by atoms with Gasteiger partial charge in [0.1, 0.15) is 5.75 Å². The minimum atomic E-state index is -4.86. The lowest BCUT2D eigenvalue weighted by Crippen LogP contribution is -2.23. The highest BCUT2D eigenvalue weighted by molar-refractivity contribution is 7.90. The van der Waals surface area contributed by atoms with Crippen LogP contribution in [0.4, 0.5) is 13.2 Å². The van der Waals surface area contributed by atoms with Gasteiger partial charge >= 0.3 is 6.36 Å². The maximum absolute atomic E-state index is 12.2. The number of sulfonamides is 1. The lowest BCUT2D eigenvalue weighted by Gasteiger charge is -2.10. The lowest BCUT2D eigenvalue weighted by atomic mass is 10.2. The molecule has 142 valence electrons. The molecule has 0 atom stereocenters. The second-order valence-electron chi connectivity index (χ2n) is 5.26. The number of sulfone groups is 1. The van der Waals surface area contributed by atoms with E-state index in [1.807, 2.05) is 0 Å². The SMILES string of the molecule is CS(=O)(=O)c1ccc(CNS(=O)(=O)c2ccc(OC(F)(F)F)cc2)cc1. The van der Waals surface area contributed by atoms with Crippen LogP contribution in [0.2, 0.25) is 0 Å². The Morgan fingerprint density at radius 3 is 1.85 bits per heavy atom. The van der Waals surface area contributed by atoms with Crippen molar-refractivity contribution in [3.8, 4) is 5.75 Å². The van der Waals surface area contributed by atoms with Crippen molar-refractivity contribution in [1.29, 1.82) is 0 Å². The van der Waals surface area contributed by atoms with E-state index in [4.69, 9.17) is 0 Å². The Kier molecular flexibility index (Phi) is 5.64. The summed E-state index contributed by atoms with van der Waals surface area (Å²) in [6.45, 7) is -0.118. The Balaban J connectivity index is 2.06. The molecular formula is C15H14F3NO5S2. The quantitative estimate of drug-likeness (QED) is 0.792. The number of ether oxygens (including phenoxy) is 1. The Morgan fingerprint density at radius 2 is 1.38 bits per heavy atom. The molecule has 0 unspecified atom stereocenters. The van der Waals surface area contributed by atoms with E-state index in [9.17, 15) is 30.0 Å². The molecule has 2 rings (SSSR count). The van der Waals surface area contributed by atoms with Crippen LogP contribution < -0.4 is 9.46 Å².